The highest BCUT2D eigenvalue weighted by molar-refractivity contribution is 5.89. The fourth-order valence-electron chi connectivity index (χ4n) is 5.24. The van der Waals surface area contributed by atoms with Crippen molar-refractivity contribution >= 4 is 5.97 Å². The van der Waals surface area contributed by atoms with Crippen molar-refractivity contribution in [1.82, 2.24) is 4.90 Å². The van der Waals surface area contributed by atoms with Crippen LogP contribution in [-0.4, -0.2) is 30.5 Å². The van der Waals surface area contributed by atoms with Gasteiger partial charge in [0.05, 0.1) is 5.56 Å². The highest BCUT2D eigenvalue weighted by atomic mass is 16.6. The first kappa shape index (κ1) is 24.0. The number of rotatable bonds is 8. The normalized spacial score (nSPS) is 15.3. The molecule has 0 aromatic heterocycles. The van der Waals surface area contributed by atoms with Crippen molar-refractivity contribution in [2.45, 2.75) is 31.3 Å². The monoisotopic (exact) mass is 475 g/mol. The Hall–Kier alpha value is -3.69. The number of benzene rings is 4. The van der Waals surface area contributed by atoms with Crippen LogP contribution in [0.25, 0.3) is 0 Å². The van der Waals surface area contributed by atoms with Gasteiger partial charge < -0.3 is 9.64 Å². The summed E-state index contributed by atoms with van der Waals surface area (Å²) >= 11 is 0. The zero-order valence-corrected chi connectivity index (χ0v) is 20.7. The minimum Gasteiger partial charge on any atom is -0.450 e. The first-order valence-corrected chi connectivity index (χ1v) is 12.9. The van der Waals surface area contributed by atoms with Crippen LogP contribution >= 0.6 is 0 Å². The SMILES string of the molecule is O=C(OC1(c2ccccc2Cc2ccccc2)CCN(CCc2ccccc2)CC1)c1ccccc1. The number of esters is 1. The summed E-state index contributed by atoms with van der Waals surface area (Å²) in [4.78, 5) is 15.8. The summed E-state index contributed by atoms with van der Waals surface area (Å²) in [7, 11) is 0. The molecule has 0 amide bonds. The predicted molar refractivity (Wildman–Crippen MR) is 145 cm³/mol. The van der Waals surface area contributed by atoms with Gasteiger partial charge >= 0.3 is 5.97 Å². The Morgan fingerprint density at radius 1 is 0.694 bits per heavy atom. The van der Waals surface area contributed by atoms with Crippen molar-refractivity contribution in [2.24, 2.45) is 0 Å². The summed E-state index contributed by atoms with van der Waals surface area (Å²) in [6.45, 7) is 2.81. The van der Waals surface area contributed by atoms with Crippen LogP contribution in [0.3, 0.4) is 0 Å². The van der Waals surface area contributed by atoms with E-state index in [-0.39, 0.29) is 5.97 Å². The molecular weight excluding hydrogens is 442 g/mol. The third-order valence-electron chi connectivity index (χ3n) is 7.27. The summed E-state index contributed by atoms with van der Waals surface area (Å²) in [5, 5.41) is 0. The Kier molecular flexibility index (Phi) is 7.58. The third-order valence-corrected chi connectivity index (χ3v) is 7.27. The standard InChI is InChI=1S/C33H33NO2/c35-32(29-16-8-3-9-17-29)36-33(21-24-34(25-22-33)23-20-27-12-4-1-5-13-27)31-19-11-10-18-30(31)26-28-14-6-2-7-15-28/h1-19H,20-26H2. The highest BCUT2D eigenvalue weighted by Crippen LogP contribution is 2.40. The van der Waals surface area contributed by atoms with Crippen LogP contribution in [0, 0.1) is 0 Å². The molecule has 4 aromatic carbocycles. The predicted octanol–water partition coefficient (Wildman–Crippen LogP) is 6.67. The van der Waals surface area contributed by atoms with Crippen LogP contribution in [0.4, 0.5) is 0 Å². The summed E-state index contributed by atoms with van der Waals surface area (Å²) in [5.41, 5.74) is 4.95. The number of carbonyl (C=O) groups is 1. The molecule has 0 bridgehead atoms. The van der Waals surface area contributed by atoms with E-state index in [1.807, 2.05) is 36.4 Å². The molecule has 1 aliphatic rings. The molecule has 3 nitrogen and oxygen atoms in total. The summed E-state index contributed by atoms with van der Waals surface area (Å²) in [6.07, 6.45) is 3.42. The molecule has 4 aromatic rings. The molecule has 0 aliphatic carbocycles. The van der Waals surface area contributed by atoms with Crippen molar-refractivity contribution < 1.29 is 9.53 Å². The van der Waals surface area contributed by atoms with E-state index in [1.165, 1.54) is 16.7 Å². The lowest BCUT2D eigenvalue weighted by Crippen LogP contribution is -2.46. The smallest absolute Gasteiger partial charge is 0.339 e. The highest BCUT2D eigenvalue weighted by Gasteiger charge is 2.41. The van der Waals surface area contributed by atoms with Crippen molar-refractivity contribution in [2.75, 3.05) is 19.6 Å². The first-order chi connectivity index (χ1) is 17.7. The summed E-state index contributed by atoms with van der Waals surface area (Å²) < 4.78 is 6.47. The minimum atomic E-state index is -0.637. The fraction of sp³-hybridized carbons (Fsp3) is 0.242. The van der Waals surface area contributed by atoms with Gasteiger partial charge in [-0.3, -0.25) is 0 Å². The maximum atomic E-state index is 13.3. The van der Waals surface area contributed by atoms with E-state index in [4.69, 9.17) is 4.74 Å². The van der Waals surface area contributed by atoms with E-state index in [0.29, 0.717) is 5.56 Å². The van der Waals surface area contributed by atoms with Gasteiger partial charge in [-0.15, -0.1) is 0 Å². The van der Waals surface area contributed by atoms with Gasteiger partial charge in [-0.1, -0.05) is 103 Å². The third kappa shape index (κ3) is 5.75. The zero-order chi connectivity index (χ0) is 24.6. The maximum absolute atomic E-state index is 13.3. The largest absolute Gasteiger partial charge is 0.450 e. The fourth-order valence-corrected chi connectivity index (χ4v) is 5.24. The average molecular weight is 476 g/mol. The quantitative estimate of drug-likeness (QED) is 0.267. The van der Waals surface area contributed by atoms with Crippen molar-refractivity contribution in [1.29, 1.82) is 0 Å². The van der Waals surface area contributed by atoms with E-state index in [1.54, 1.807) is 0 Å². The van der Waals surface area contributed by atoms with E-state index < -0.39 is 5.60 Å². The molecular formula is C33H33NO2. The Morgan fingerprint density at radius 2 is 1.25 bits per heavy atom. The number of nitrogens with zero attached hydrogens (tertiary/aromatic N) is 1. The van der Waals surface area contributed by atoms with Gasteiger partial charge in [0.15, 0.2) is 0 Å². The Bertz CT molecular complexity index is 1250. The molecule has 1 saturated heterocycles. The molecule has 0 unspecified atom stereocenters. The second-order valence-corrected chi connectivity index (χ2v) is 9.65. The van der Waals surface area contributed by atoms with Crippen LogP contribution in [0.5, 0.6) is 0 Å². The second kappa shape index (κ2) is 11.4. The lowest BCUT2D eigenvalue weighted by molar-refractivity contribution is -0.0557. The second-order valence-electron chi connectivity index (χ2n) is 9.65. The lowest BCUT2D eigenvalue weighted by Gasteiger charge is -2.42. The average Bonchev–Trinajstić information content (AvgIpc) is 2.94. The number of hydrogen-bond donors (Lipinski definition) is 0. The number of likely N-dealkylation sites (tertiary alicyclic amines) is 1. The molecule has 182 valence electrons. The van der Waals surface area contributed by atoms with Gasteiger partial charge in [0.1, 0.15) is 5.60 Å². The number of carbonyl (C=O) groups excluding carboxylic acids is 1. The van der Waals surface area contributed by atoms with E-state index in [0.717, 1.165) is 50.9 Å². The molecule has 36 heavy (non-hydrogen) atoms. The zero-order valence-electron chi connectivity index (χ0n) is 20.7. The lowest BCUT2D eigenvalue weighted by atomic mass is 9.80. The Labute approximate surface area is 214 Å². The molecule has 5 rings (SSSR count). The van der Waals surface area contributed by atoms with Crippen LogP contribution in [0.15, 0.2) is 115 Å². The topological polar surface area (TPSA) is 29.5 Å². The Morgan fingerprint density at radius 3 is 1.92 bits per heavy atom. The van der Waals surface area contributed by atoms with E-state index in [2.05, 4.69) is 83.8 Å². The van der Waals surface area contributed by atoms with Gasteiger partial charge in [-0.25, -0.2) is 4.79 Å². The summed E-state index contributed by atoms with van der Waals surface area (Å²) in [5.74, 6) is -0.247. The number of hydrogen-bond acceptors (Lipinski definition) is 3. The molecule has 1 fully saturated rings. The number of piperidine rings is 1. The number of ether oxygens (including phenoxy) is 1. The molecule has 1 heterocycles. The van der Waals surface area contributed by atoms with Gasteiger partial charge in [-0.2, -0.15) is 0 Å². The van der Waals surface area contributed by atoms with Crippen molar-refractivity contribution in [3.63, 3.8) is 0 Å². The van der Waals surface area contributed by atoms with Crippen molar-refractivity contribution in [3.8, 4) is 0 Å². The minimum absolute atomic E-state index is 0.247. The van der Waals surface area contributed by atoms with Gasteiger partial charge in [0.25, 0.3) is 0 Å². The molecule has 1 aliphatic heterocycles. The molecule has 0 radical (unpaired) electrons. The maximum Gasteiger partial charge on any atom is 0.339 e. The van der Waals surface area contributed by atoms with E-state index in [9.17, 15) is 4.79 Å². The molecule has 0 atom stereocenters. The van der Waals surface area contributed by atoms with E-state index >= 15 is 0 Å². The molecule has 3 heteroatoms. The molecule has 0 N–H and O–H groups in total. The molecule has 0 saturated carbocycles. The van der Waals surface area contributed by atoms with Crippen LogP contribution < -0.4 is 0 Å². The van der Waals surface area contributed by atoms with Crippen LogP contribution in [0.2, 0.25) is 0 Å². The van der Waals surface area contributed by atoms with Crippen LogP contribution in [-0.2, 0) is 23.2 Å². The van der Waals surface area contributed by atoms with Gasteiger partial charge in [-0.05, 0) is 47.2 Å². The van der Waals surface area contributed by atoms with Gasteiger partial charge in [0, 0.05) is 32.5 Å². The summed E-state index contributed by atoms with van der Waals surface area (Å²) in [6, 6.07) is 39.0. The first-order valence-electron chi connectivity index (χ1n) is 12.9. The van der Waals surface area contributed by atoms with Crippen LogP contribution in [0.1, 0.15) is 45.5 Å². The van der Waals surface area contributed by atoms with Gasteiger partial charge in [0.2, 0.25) is 0 Å². The Balaban J connectivity index is 1.39. The van der Waals surface area contributed by atoms with Crippen molar-refractivity contribution in [3.05, 3.63) is 143 Å². The molecule has 0 spiro atoms.